The maximum absolute atomic E-state index is 11.3. The lowest BCUT2D eigenvalue weighted by molar-refractivity contribution is -0.205. The molecule has 0 aromatic rings. The van der Waals surface area contributed by atoms with Crippen LogP contribution in [0.1, 0.15) is 78.1 Å². The minimum Gasteiger partial charge on any atom is -0.465 e. The summed E-state index contributed by atoms with van der Waals surface area (Å²) >= 11 is 0. The molecule has 1 rings (SSSR count). The van der Waals surface area contributed by atoms with Gasteiger partial charge in [0, 0.05) is 6.42 Å². The van der Waals surface area contributed by atoms with Crippen LogP contribution < -0.4 is 0 Å². The van der Waals surface area contributed by atoms with Gasteiger partial charge in [-0.05, 0) is 56.1 Å². The van der Waals surface area contributed by atoms with Crippen molar-refractivity contribution < 1.29 is 19.7 Å². The lowest BCUT2D eigenvalue weighted by Gasteiger charge is -2.16. The van der Waals surface area contributed by atoms with Crippen molar-refractivity contribution in [2.45, 2.75) is 83.8 Å². The summed E-state index contributed by atoms with van der Waals surface area (Å²) in [4.78, 5) is 11.3. The molecule has 0 aromatic heterocycles. The summed E-state index contributed by atoms with van der Waals surface area (Å²) in [6, 6.07) is 0. The van der Waals surface area contributed by atoms with Crippen molar-refractivity contribution in [1.82, 2.24) is 0 Å². The van der Waals surface area contributed by atoms with E-state index in [0.717, 1.165) is 31.9 Å². The smallest absolute Gasteiger partial charge is 0.366 e. The fourth-order valence-corrected chi connectivity index (χ4v) is 3.53. The van der Waals surface area contributed by atoms with Crippen LogP contribution in [-0.4, -0.2) is 29.1 Å². The molecule has 0 saturated carbocycles. The minimum absolute atomic E-state index is 0.235. The predicted octanol–water partition coefficient (Wildman–Crippen LogP) is 5.22. The number of hydrogen-bond acceptors (Lipinski definition) is 4. The molecule has 0 radical (unpaired) electrons. The van der Waals surface area contributed by atoms with Crippen LogP contribution in [0.15, 0.2) is 41.7 Å². The molecule has 0 spiro atoms. The molecule has 1 aliphatic rings. The van der Waals surface area contributed by atoms with Gasteiger partial charge in [0.15, 0.2) is 0 Å². The third-order valence-electron chi connectivity index (χ3n) is 5.24. The number of unbranched alkanes of at least 4 members (excludes halogenated alkanes) is 6. The molecule has 0 amide bonds. The number of esters is 1. The Morgan fingerprint density at radius 3 is 2.68 bits per heavy atom. The van der Waals surface area contributed by atoms with Gasteiger partial charge in [-0.15, -0.1) is 5.73 Å². The highest BCUT2D eigenvalue weighted by atomic mass is 16.6. The number of carbonyl (C=O) groups is 1. The van der Waals surface area contributed by atoms with E-state index in [1.165, 1.54) is 44.6 Å². The highest BCUT2D eigenvalue weighted by molar-refractivity contribution is 5.77. The topological polar surface area (TPSA) is 66.8 Å². The van der Waals surface area contributed by atoms with Gasteiger partial charge in [0.1, 0.15) is 0 Å². The lowest BCUT2D eigenvalue weighted by atomic mass is 9.89. The summed E-state index contributed by atoms with van der Waals surface area (Å²) in [5, 5.41) is 19.2. The highest BCUT2D eigenvalue weighted by Gasteiger charge is 2.33. The molecule has 0 fully saturated rings. The van der Waals surface area contributed by atoms with Gasteiger partial charge >= 0.3 is 5.97 Å². The number of carbonyl (C=O) groups excluding carboxylic acids is 1. The number of rotatable bonds is 13. The van der Waals surface area contributed by atoms with Crippen molar-refractivity contribution >= 4 is 5.97 Å². The van der Waals surface area contributed by atoms with Crippen LogP contribution in [0.5, 0.6) is 0 Å². The zero-order valence-electron chi connectivity index (χ0n) is 17.8. The molecule has 0 heterocycles. The van der Waals surface area contributed by atoms with Crippen LogP contribution in [0, 0.1) is 11.8 Å². The number of allylic oxidation sites excluding steroid dienone is 4. The van der Waals surface area contributed by atoms with E-state index in [0.29, 0.717) is 11.8 Å². The van der Waals surface area contributed by atoms with E-state index >= 15 is 0 Å². The van der Waals surface area contributed by atoms with Gasteiger partial charge in [-0.1, -0.05) is 63.3 Å². The zero-order chi connectivity index (χ0) is 20.8. The van der Waals surface area contributed by atoms with Crippen LogP contribution in [0.2, 0.25) is 0 Å². The van der Waals surface area contributed by atoms with Crippen molar-refractivity contribution in [3.63, 3.8) is 0 Å². The molecule has 28 heavy (non-hydrogen) atoms. The van der Waals surface area contributed by atoms with Crippen LogP contribution in [-0.2, 0) is 9.53 Å². The zero-order valence-corrected chi connectivity index (χ0v) is 17.8. The van der Waals surface area contributed by atoms with Gasteiger partial charge in [-0.2, -0.15) is 0 Å². The van der Waals surface area contributed by atoms with Gasteiger partial charge in [-0.3, -0.25) is 0 Å². The van der Waals surface area contributed by atoms with Gasteiger partial charge in [0.05, 0.1) is 7.11 Å². The molecule has 4 heteroatoms. The van der Waals surface area contributed by atoms with E-state index in [1.54, 1.807) is 0 Å². The average molecular weight is 391 g/mol. The van der Waals surface area contributed by atoms with E-state index in [2.05, 4.69) is 41.7 Å². The Morgan fingerprint density at radius 2 is 1.96 bits per heavy atom. The largest absolute Gasteiger partial charge is 0.465 e. The average Bonchev–Trinajstić information content (AvgIpc) is 3.09. The molecule has 2 atom stereocenters. The fraction of sp³-hybridized carbons (Fsp3) is 0.667. The fourth-order valence-electron chi connectivity index (χ4n) is 3.53. The second kappa shape index (κ2) is 13.5. The summed E-state index contributed by atoms with van der Waals surface area (Å²) in [5.74, 6) is -2.56. The van der Waals surface area contributed by atoms with Crippen molar-refractivity contribution in [1.29, 1.82) is 0 Å². The van der Waals surface area contributed by atoms with Crippen molar-refractivity contribution in [3.8, 4) is 0 Å². The van der Waals surface area contributed by atoms with Gasteiger partial charge in [0.2, 0.25) is 0 Å². The Balaban J connectivity index is 2.41. The monoisotopic (exact) mass is 390 g/mol. The van der Waals surface area contributed by atoms with E-state index < -0.39 is 11.8 Å². The Bertz CT molecular complexity index is 579. The Hall–Kier alpha value is -1.61. The summed E-state index contributed by atoms with van der Waals surface area (Å²) < 4.78 is 4.36. The third kappa shape index (κ3) is 9.54. The summed E-state index contributed by atoms with van der Waals surface area (Å²) in [6.07, 6.45) is 21.5. The molecule has 2 N–H and O–H groups in total. The molecule has 0 bridgehead atoms. The second-order valence-electron chi connectivity index (χ2n) is 7.83. The molecule has 158 valence electrons. The van der Waals surface area contributed by atoms with Crippen LogP contribution in [0.25, 0.3) is 0 Å². The Morgan fingerprint density at radius 1 is 1.25 bits per heavy atom. The Labute approximate surface area is 170 Å². The second-order valence-corrected chi connectivity index (χ2v) is 7.83. The lowest BCUT2D eigenvalue weighted by Crippen LogP contribution is -2.38. The predicted molar refractivity (Wildman–Crippen MR) is 114 cm³/mol. The molecular weight excluding hydrogens is 352 g/mol. The van der Waals surface area contributed by atoms with Crippen molar-refractivity contribution in [3.05, 3.63) is 41.7 Å². The molecule has 0 aliphatic heterocycles. The van der Waals surface area contributed by atoms with Crippen LogP contribution >= 0.6 is 0 Å². The van der Waals surface area contributed by atoms with Crippen LogP contribution in [0.3, 0.4) is 0 Å². The normalized spacial score (nSPS) is 19.0. The molecule has 0 aromatic carbocycles. The van der Waals surface area contributed by atoms with E-state index in [1.807, 2.05) is 6.92 Å². The third-order valence-corrected chi connectivity index (χ3v) is 5.24. The first kappa shape index (κ1) is 24.4. The maximum Gasteiger partial charge on any atom is 0.366 e. The summed E-state index contributed by atoms with van der Waals surface area (Å²) in [5.41, 5.74) is 4.12. The van der Waals surface area contributed by atoms with Gasteiger partial charge < -0.3 is 14.9 Å². The van der Waals surface area contributed by atoms with Gasteiger partial charge in [0.25, 0.3) is 5.79 Å². The minimum atomic E-state index is -2.49. The van der Waals surface area contributed by atoms with Crippen molar-refractivity contribution in [2.75, 3.05) is 7.11 Å². The number of hydrogen-bond donors (Lipinski definition) is 2. The van der Waals surface area contributed by atoms with Crippen LogP contribution in [0.4, 0.5) is 0 Å². The molecule has 1 aliphatic carbocycles. The maximum atomic E-state index is 11.3. The molecule has 0 unspecified atom stereocenters. The first-order chi connectivity index (χ1) is 13.4. The molecule has 0 saturated heterocycles. The van der Waals surface area contributed by atoms with E-state index in [4.69, 9.17) is 0 Å². The number of methoxy groups -OCH3 is 1. The molecule has 4 nitrogen and oxygen atoms in total. The number of ether oxygens (including phenoxy) is 1. The van der Waals surface area contributed by atoms with E-state index in [-0.39, 0.29) is 6.42 Å². The Kier molecular flexibility index (Phi) is 11.8. The number of aliphatic hydroxyl groups is 2. The SMILES string of the molecule is CCCCCCCCC=C[C@H]1C=CC[C@@H]1CC(C)=C=CCC(O)(O)C(=O)OC. The van der Waals surface area contributed by atoms with E-state index in [9.17, 15) is 15.0 Å². The summed E-state index contributed by atoms with van der Waals surface area (Å²) in [7, 11) is 1.13. The first-order valence-corrected chi connectivity index (χ1v) is 10.7. The van der Waals surface area contributed by atoms with Gasteiger partial charge in [-0.25, -0.2) is 4.79 Å². The highest BCUT2D eigenvalue weighted by Crippen LogP contribution is 2.31. The summed E-state index contributed by atoms with van der Waals surface area (Å²) in [6.45, 7) is 4.23. The standard InChI is InChI=1S/C24H38O4/c1-4-5-6-7-8-9-10-11-15-21-16-12-17-22(21)19-20(2)14-13-18-24(26,27)23(25)28-3/h11-13,15-16,21-22,26-27H,4-10,17-19H2,1-3H3/t14?,21-,22+/m0/s1. The quantitative estimate of drug-likeness (QED) is 0.149. The molecular formula is C24H38O4. The van der Waals surface area contributed by atoms with Crippen molar-refractivity contribution in [2.24, 2.45) is 11.8 Å². The first-order valence-electron chi connectivity index (χ1n) is 10.7.